The second-order valence-corrected chi connectivity index (χ2v) is 5.42. The highest BCUT2D eigenvalue weighted by atomic mass is 16.5. The molecular weight excluding hydrogens is 240 g/mol. The van der Waals surface area contributed by atoms with E-state index in [0.717, 1.165) is 51.4 Å². The molecule has 0 spiro atoms. The lowest BCUT2D eigenvalue weighted by atomic mass is 9.85. The van der Waals surface area contributed by atoms with Gasteiger partial charge in [0.25, 0.3) is 0 Å². The normalized spacial score (nSPS) is 19.2. The van der Waals surface area contributed by atoms with Gasteiger partial charge < -0.3 is 4.74 Å². The van der Waals surface area contributed by atoms with E-state index in [4.69, 9.17) is 4.74 Å². The highest BCUT2D eigenvalue weighted by Crippen LogP contribution is 2.26. The van der Waals surface area contributed by atoms with Gasteiger partial charge in [0.1, 0.15) is 5.78 Å². The van der Waals surface area contributed by atoms with Gasteiger partial charge in [-0.15, -0.1) is 0 Å². The average molecular weight is 266 g/mol. The van der Waals surface area contributed by atoms with Crippen molar-refractivity contribution in [1.82, 2.24) is 0 Å². The van der Waals surface area contributed by atoms with Gasteiger partial charge in [-0.25, -0.2) is 4.79 Å². The molecule has 1 rings (SSSR count). The van der Waals surface area contributed by atoms with Crippen molar-refractivity contribution in [3.05, 3.63) is 12.2 Å². The number of esters is 1. The number of carbonyl (C=O) groups excluding carboxylic acids is 2. The van der Waals surface area contributed by atoms with Crippen molar-refractivity contribution < 1.29 is 14.3 Å². The summed E-state index contributed by atoms with van der Waals surface area (Å²) in [5, 5.41) is 0. The molecule has 108 valence electrons. The Hall–Kier alpha value is -1.12. The number of unbranched alkanes of at least 4 members (excludes halogenated alkanes) is 2. The minimum atomic E-state index is -0.264. The minimum absolute atomic E-state index is 0.264. The first-order chi connectivity index (χ1) is 9.13. The molecule has 1 atom stereocenters. The van der Waals surface area contributed by atoms with Gasteiger partial charge in [0.05, 0.1) is 6.61 Å². The van der Waals surface area contributed by atoms with E-state index in [2.05, 4.69) is 6.58 Å². The largest absolute Gasteiger partial charge is 0.463 e. The summed E-state index contributed by atoms with van der Waals surface area (Å²) < 4.78 is 4.89. The molecule has 1 aliphatic carbocycles. The number of carbonyl (C=O) groups is 2. The van der Waals surface area contributed by atoms with E-state index < -0.39 is 0 Å². The molecule has 0 aliphatic heterocycles. The van der Waals surface area contributed by atoms with E-state index in [1.165, 1.54) is 6.42 Å². The van der Waals surface area contributed by atoms with Gasteiger partial charge in [-0.3, -0.25) is 4.79 Å². The van der Waals surface area contributed by atoms with Crippen LogP contribution in [0.2, 0.25) is 0 Å². The molecule has 0 aromatic carbocycles. The predicted molar refractivity (Wildman–Crippen MR) is 75.8 cm³/mol. The van der Waals surface area contributed by atoms with E-state index in [9.17, 15) is 9.59 Å². The molecule has 3 nitrogen and oxygen atoms in total. The molecule has 1 unspecified atom stereocenters. The Labute approximate surface area is 116 Å². The van der Waals surface area contributed by atoms with Gasteiger partial charge in [-0.1, -0.05) is 25.8 Å². The summed E-state index contributed by atoms with van der Waals surface area (Å²) in [5.74, 6) is 0.779. The monoisotopic (exact) mass is 266 g/mol. The molecule has 19 heavy (non-hydrogen) atoms. The van der Waals surface area contributed by atoms with E-state index >= 15 is 0 Å². The van der Waals surface area contributed by atoms with Crippen molar-refractivity contribution in [2.45, 2.75) is 64.7 Å². The summed E-state index contributed by atoms with van der Waals surface area (Å²) in [6.07, 6.45) is 8.96. The van der Waals surface area contributed by atoms with Crippen LogP contribution in [-0.4, -0.2) is 18.4 Å². The van der Waals surface area contributed by atoms with E-state index in [0.29, 0.717) is 23.9 Å². The lowest BCUT2D eigenvalue weighted by molar-refractivity contribution is -0.138. The summed E-state index contributed by atoms with van der Waals surface area (Å²) in [7, 11) is 0. The quantitative estimate of drug-likeness (QED) is 0.381. The van der Waals surface area contributed by atoms with E-state index in [1.54, 1.807) is 6.92 Å². The maximum atomic E-state index is 11.3. The standard InChI is InChI=1S/C16H26O3/c1-3-19-16(18)13(2)8-5-4-6-9-14-10-7-11-15(17)12-14/h14H,2-12H2,1H3. The zero-order chi connectivity index (χ0) is 14.1. The van der Waals surface area contributed by atoms with Gasteiger partial charge >= 0.3 is 5.97 Å². The zero-order valence-corrected chi connectivity index (χ0v) is 12.1. The Kier molecular flexibility index (Phi) is 7.46. The molecule has 1 saturated carbocycles. The van der Waals surface area contributed by atoms with Gasteiger partial charge in [-0.05, 0) is 38.5 Å². The fourth-order valence-corrected chi connectivity index (χ4v) is 2.64. The molecule has 0 aromatic heterocycles. The topological polar surface area (TPSA) is 43.4 Å². The van der Waals surface area contributed by atoms with Crippen LogP contribution < -0.4 is 0 Å². The van der Waals surface area contributed by atoms with Crippen molar-refractivity contribution in [2.24, 2.45) is 5.92 Å². The molecule has 0 bridgehead atoms. The minimum Gasteiger partial charge on any atom is -0.463 e. The summed E-state index contributed by atoms with van der Waals surface area (Å²) >= 11 is 0. The lowest BCUT2D eigenvalue weighted by Gasteiger charge is -2.20. The van der Waals surface area contributed by atoms with Crippen LogP contribution in [0.15, 0.2) is 12.2 Å². The Balaban J connectivity index is 2.03. The lowest BCUT2D eigenvalue weighted by Crippen LogP contribution is -2.14. The number of Topliss-reactive ketones (excluding diaryl/α,β-unsaturated/α-hetero) is 1. The fourth-order valence-electron chi connectivity index (χ4n) is 2.64. The van der Waals surface area contributed by atoms with Crippen LogP contribution in [0, 0.1) is 5.92 Å². The van der Waals surface area contributed by atoms with Crippen LogP contribution in [0.1, 0.15) is 64.7 Å². The summed E-state index contributed by atoms with van der Waals surface area (Å²) in [6, 6.07) is 0. The second kappa shape index (κ2) is 8.89. The number of ether oxygens (including phenoxy) is 1. The molecule has 1 aliphatic rings. The SMILES string of the molecule is C=C(CCCCCC1CCCC(=O)C1)C(=O)OCC. The van der Waals surface area contributed by atoms with E-state index in [1.807, 2.05) is 0 Å². The van der Waals surface area contributed by atoms with Gasteiger partial charge in [0, 0.05) is 18.4 Å². The smallest absolute Gasteiger partial charge is 0.333 e. The van der Waals surface area contributed by atoms with E-state index in [-0.39, 0.29) is 5.97 Å². The predicted octanol–water partition coefficient (Wildman–Crippen LogP) is 3.82. The number of rotatable bonds is 8. The second-order valence-electron chi connectivity index (χ2n) is 5.42. The van der Waals surface area contributed by atoms with Crippen molar-refractivity contribution in [3.8, 4) is 0 Å². The third kappa shape index (κ3) is 6.55. The molecule has 1 fully saturated rings. The summed E-state index contributed by atoms with van der Waals surface area (Å²) in [4.78, 5) is 22.7. The van der Waals surface area contributed by atoms with Crippen LogP contribution in [0.25, 0.3) is 0 Å². The highest BCUT2D eigenvalue weighted by Gasteiger charge is 2.18. The number of ketones is 1. The Bertz CT molecular complexity index is 320. The number of hydrogen-bond acceptors (Lipinski definition) is 3. The van der Waals surface area contributed by atoms with Crippen LogP contribution in [0.4, 0.5) is 0 Å². The molecule has 0 aromatic rings. The first kappa shape index (κ1) is 15.9. The van der Waals surface area contributed by atoms with Gasteiger partial charge in [-0.2, -0.15) is 0 Å². The first-order valence-electron chi connectivity index (χ1n) is 7.50. The van der Waals surface area contributed by atoms with Crippen molar-refractivity contribution in [3.63, 3.8) is 0 Å². The molecule has 0 heterocycles. The maximum absolute atomic E-state index is 11.3. The van der Waals surface area contributed by atoms with Crippen molar-refractivity contribution in [1.29, 1.82) is 0 Å². The van der Waals surface area contributed by atoms with Gasteiger partial charge in [0.15, 0.2) is 0 Å². The average Bonchev–Trinajstić information content (AvgIpc) is 2.38. The van der Waals surface area contributed by atoms with Gasteiger partial charge in [0.2, 0.25) is 0 Å². The van der Waals surface area contributed by atoms with Crippen LogP contribution in [-0.2, 0) is 14.3 Å². The molecule has 0 saturated heterocycles. The Morgan fingerprint density at radius 3 is 2.84 bits per heavy atom. The number of hydrogen-bond donors (Lipinski definition) is 0. The third-order valence-electron chi connectivity index (χ3n) is 3.74. The molecule has 3 heteroatoms. The molecular formula is C16H26O3. The molecule has 0 radical (unpaired) electrons. The van der Waals surface area contributed by atoms with Crippen LogP contribution in [0.3, 0.4) is 0 Å². The Morgan fingerprint density at radius 1 is 1.37 bits per heavy atom. The Morgan fingerprint density at radius 2 is 2.16 bits per heavy atom. The first-order valence-corrected chi connectivity index (χ1v) is 7.50. The highest BCUT2D eigenvalue weighted by molar-refractivity contribution is 5.87. The van der Waals surface area contributed by atoms with Crippen LogP contribution >= 0.6 is 0 Å². The maximum Gasteiger partial charge on any atom is 0.333 e. The van der Waals surface area contributed by atoms with Crippen molar-refractivity contribution in [2.75, 3.05) is 6.61 Å². The van der Waals surface area contributed by atoms with Crippen molar-refractivity contribution >= 4 is 11.8 Å². The molecule has 0 N–H and O–H groups in total. The summed E-state index contributed by atoms with van der Waals surface area (Å²) in [5.41, 5.74) is 0.578. The van der Waals surface area contributed by atoms with Crippen LogP contribution in [0.5, 0.6) is 0 Å². The fraction of sp³-hybridized carbons (Fsp3) is 0.750. The third-order valence-corrected chi connectivity index (χ3v) is 3.74. The summed E-state index contributed by atoms with van der Waals surface area (Å²) in [6.45, 7) is 5.96. The zero-order valence-electron chi connectivity index (χ0n) is 12.1. The molecule has 0 amide bonds.